The van der Waals surface area contributed by atoms with Crippen LogP contribution in [-0.2, 0) is 12.8 Å². The topological polar surface area (TPSA) is 26.0 Å². The van der Waals surface area contributed by atoms with Gasteiger partial charge in [-0.15, -0.1) is 0 Å². The van der Waals surface area contributed by atoms with Crippen LogP contribution in [-0.4, -0.2) is 0 Å². The van der Waals surface area contributed by atoms with Crippen molar-refractivity contribution in [2.24, 2.45) is 5.92 Å². The van der Waals surface area contributed by atoms with Crippen molar-refractivity contribution in [3.05, 3.63) is 304 Å². The molecule has 0 radical (unpaired) electrons. The molecule has 9 aromatic rings. The minimum absolute atomic E-state index is 0.112. The molecule has 1 nitrogen and oxygen atoms in total. The van der Waals surface area contributed by atoms with Gasteiger partial charge in [-0.05, 0) is 177 Å². The Balaban J connectivity index is 0.000000156. The summed E-state index contributed by atoms with van der Waals surface area (Å²) in [5.41, 5.74) is 27.1. The van der Waals surface area contributed by atoms with E-state index in [1.165, 1.54) is 95.6 Å². The zero-order chi connectivity index (χ0) is 51.2. The van der Waals surface area contributed by atoms with E-state index in [9.17, 15) is 8.78 Å². The molecule has 0 saturated heterocycles. The molecule has 0 bridgehead atoms. The second kappa shape index (κ2) is 27.5. The molecule has 72 heavy (non-hydrogen) atoms. The lowest BCUT2D eigenvalue weighted by molar-refractivity contribution is 0.598. The molecular formula is C69H69F2N. The molecule has 1 atom stereocenters. The van der Waals surface area contributed by atoms with Crippen LogP contribution in [0.4, 0.5) is 14.5 Å². The number of allylic oxidation sites excluding steroid dienone is 4. The van der Waals surface area contributed by atoms with Gasteiger partial charge >= 0.3 is 0 Å². The van der Waals surface area contributed by atoms with Crippen molar-refractivity contribution in [3.63, 3.8) is 0 Å². The Labute approximate surface area is 429 Å². The Morgan fingerprint density at radius 1 is 0.417 bits per heavy atom. The number of nitrogen functional groups attached to an aromatic ring is 1. The minimum atomic E-state index is -0.171. The predicted molar refractivity (Wildman–Crippen MR) is 305 cm³/mol. The number of hydrogen-bond donors (Lipinski definition) is 1. The summed E-state index contributed by atoms with van der Waals surface area (Å²) in [7, 11) is 0. The molecule has 1 unspecified atom stereocenters. The Bertz CT molecular complexity index is 3050. The van der Waals surface area contributed by atoms with E-state index in [2.05, 4.69) is 193 Å². The third-order valence-corrected chi connectivity index (χ3v) is 12.6. The van der Waals surface area contributed by atoms with Gasteiger partial charge in [0.15, 0.2) is 0 Å². The fourth-order valence-corrected chi connectivity index (χ4v) is 8.33. The van der Waals surface area contributed by atoms with E-state index in [0.29, 0.717) is 5.92 Å². The lowest BCUT2D eigenvalue weighted by atomic mass is 9.87. The van der Waals surface area contributed by atoms with Crippen molar-refractivity contribution in [2.45, 2.75) is 67.7 Å². The van der Waals surface area contributed by atoms with Crippen molar-refractivity contribution in [3.8, 4) is 33.4 Å². The highest BCUT2D eigenvalue weighted by Crippen LogP contribution is 2.32. The molecular weight excluding hydrogens is 881 g/mol. The molecule has 1 aliphatic carbocycles. The molecule has 0 heterocycles. The lowest BCUT2D eigenvalue weighted by Gasteiger charge is -2.18. The SMILES string of the molecule is Cc1ccc(-c2ccc(N)cc2)cc1.Cc1ccc(CC2C=CC(F)=CC2)c(-c2ccccc2C)c1.Cc1ccc(F)cc1.Cc1ccccc1.Cc1ccccc1-c1cc(Cc2ccccc2)ccc1C. The highest BCUT2D eigenvalue weighted by Gasteiger charge is 2.14. The van der Waals surface area contributed by atoms with Gasteiger partial charge in [-0.2, -0.15) is 0 Å². The number of halogens is 2. The van der Waals surface area contributed by atoms with E-state index < -0.39 is 0 Å². The normalized spacial score (nSPS) is 12.2. The van der Waals surface area contributed by atoms with E-state index in [1.54, 1.807) is 24.3 Å². The van der Waals surface area contributed by atoms with Gasteiger partial charge in [-0.25, -0.2) is 8.78 Å². The molecule has 0 spiro atoms. The number of rotatable bonds is 7. The summed E-state index contributed by atoms with van der Waals surface area (Å²) < 4.78 is 25.2. The first kappa shape index (κ1) is 53.5. The predicted octanol–water partition coefficient (Wildman–Crippen LogP) is 18.9. The molecule has 364 valence electrons. The highest BCUT2D eigenvalue weighted by molar-refractivity contribution is 5.72. The molecule has 2 N–H and O–H groups in total. The number of nitrogens with two attached hydrogens (primary N) is 1. The molecule has 3 heteroatoms. The standard InChI is InChI=1S/C21H21F.C21H20.C13H13N.C7H7F.C7H8/c1-15-7-10-18(14-17-8-11-19(22)12-9-17)21(13-15)20-6-4-3-5-16(20)2;1-16-8-6-7-11-20(16)21-15-19(13-12-17(21)2)14-18-9-4-3-5-10-18;1-10-2-4-11(5-3-10)12-6-8-13(14)9-7-12;1-6-2-4-7(8)5-3-6;1-7-5-3-2-4-6-7/h3-8,10-13,17H,9,14H2,1-2H3;3-13,15H,14H2,1-2H3;2-9H,14H2,1H3;2-5H,1H3;2-6H,1H3. The molecule has 0 saturated carbocycles. The average Bonchev–Trinajstić information content (AvgIpc) is 3.39. The van der Waals surface area contributed by atoms with Gasteiger partial charge in [0, 0.05) is 5.69 Å². The van der Waals surface area contributed by atoms with Crippen LogP contribution in [0.1, 0.15) is 62.1 Å². The Morgan fingerprint density at radius 3 is 1.43 bits per heavy atom. The van der Waals surface area contributed by atoms with Gasteiger partial charge in [-0.1, -0.05) is 222 Å². The number of aryl methyl sites for hydroxylation is 7. The van der Waals surface area contributed by atoms with Crippen LogP contribution in [0.2, 0.25) is 0 Å². The first-order chi connectivity index (χ1) is 34.8. The smallest absolute Gasteiger partial charge is 0.123 e. The van der Waals surface area contributed by atoms with Crippen molar-refractivity contribution in [1.82, 2.24) is 0 Å². The molecule has 10 rings (SSSR count). The second-order valence-electron chi connectivity index (χ2n) is 18.7. The average molecular weight is 950 g/mol. The zero-order valence-corrected chi connectivity index (χ0v) is 43.0. The van der Waals surface area contributed by atoms with Crippen LogP contribution >= 0.6 is 0 Å². The van der Waals surface area contributed by atoms with E-state index in [1.807, 2.05) is 55.5 Å². The summed E-state index contributed by atoms with van der Waals surface area (Å²) in [5, 5.41) is 0. The molecule has 0 aliphatic heterocycles. The summed E-state index contributed by atoms with van der Waals surface area (Å²) in [6.07, 6.45) is 7.99. The Kier molecular flexibility index (Phi) is 20.4. The van der Waals surface area contributed by atoms with E-state index in [4.69, 9.17) is 5.73 Å². The van der Waals surface area contributed by atoms with Crippen molar-refractivity contribution in [1.29, 1.82) is 0 Å². The maximum Gasteiger partial charge on any atom is 0.123 e. The van der Waals surface area contributed by atoms with Crippen LogP contribution in [0, 0.1) is 60.2 Å². The van der Waals surface area contributed by atoms with Crippen LogP contribution in [0.5, 0.6) is 0 Å². The summed E-state index contributed by atoms with van der Waals surface area (Å²) in [5.74, 6) is 0.0971. The van der Waals surface area contributed by atoms with Crippen molar-refractivity contribution >= 4 is 5.69 Å². The van der Waals surface area contributed by atoms with Crippen molar-refractivity contribution in [2.75, 3.05) is 5.73 Å². The monoisotopic (exact) mass is 950 g/mol. The van der Waals surface area contributed by atoms with Gasteiger partial charge in [0.2, 0.25) is 0 Å². The van der Waals surface area contributed by atoms with Gasteiger partial charge in [-0.3, -0.25) is 0 Å². The summed E-state index contributed by atoms with van der Waals surface area (Å²) in [4.78, 5) is 0. The third kappa shape index (κ3) is 17.2. The second-order valence-corrected chi connectivity index (χ2v) is 18.7. The van der Waals surface area contributed by atoms with Gasteiger partial charge < -0.3 is 5.73 Å². The quantitative estimate of drug-likeness (QED) is 0.158. The first-order valence-corrected chi connectivity index (χ1v) is 24.9. The first-order valence-electron chi connectivity index (χ1n) is 24.9. The van der Waals surface area contributed by atoms with Crippen molar-refractivity contribution < 1.29 is 8.78 Å². The van der Waals surface area contributed by atoms with Crippen LogP contribution < -0.4 is 5.73 Å². The largest absolute Gasteiger partial charge is 0.399 e. The number of benzene rings is 9. The van der Waals surface area contributed by atoms with Gasteiger partial charge in [0.05, 0.1) is 0 Å². The molecule has 9 aromatic carbocycles. The lowest BCUT2D eigenvalue weighted by Crippen LogP contribution is -2.05. The zero-order valence-electron chi connectivity index (χ0n) is 43.0. The van der Waals surface area contributed by atoms with Gasteiger partial charge in [0.1, 0.15) is 11.6 Å². The summed E-state index contributed by atoms with van der Waals surface area (Å²) in [6, 6.07) is 74.3. The Hall–Kier alpha value is -7.88. The number of anilines is 1. The maximum atomic E-state index is 13.1. The fourth-order valence-electron chi connectivity index (χ4n) is 8.33. The maximum absolute atomic E-state index is 13.1. The fraction of sp³-hybridized carbons (Fsp3) is 0.159. The molecule has 1 aliphatic rings. The van der Waals surface area contributed by atoms with Crippen LogP contribution in [0.25, 0.3) is 33.4 Å². The van der Waals surface area contributed by atoms with Crippen LogP contribution in [0.15, 0.2) is 242 Å². The highest BCUT2D eigenvalue weighted by atomic mass is 19.1. The van der Waals surface area contributed by atoms with Gasteiger partial charge in [0.25, 0.3) is 0 Å². The van der Waals surface area contributed by atoms with Crippen LogP contribution in [0.3, 0.4) is 0 Å². The summed E-state index contributed by atoms with van der Waals surface area (Å²) >= 11 is 0. The van der Waals surface area contributed by atoms with E-state index in [0.717, 1.165) is 30.5 Å². The minimum Gasteiger partial charge on any atom is -0.399 e. The van der Waals surface area contributed by atoms with E-state index in [-0.39, 0.29) is 11.6 Å². The molecule has 0 aromatic heterocycles. The summed E-state index contributed by atoms with van der Waals surface area (Å²) in [6.45, 7) is 14.8. The van der Waals surface area contributed by atoms with E-state index >= 15 is 0 Å². The third-order valence-electron chi connectivity index (χ3n) is 12.6. The molecule has 0 fully saturated rings. The molecule has 0 amide bonds. The Morgan fingerprint density at radius 2 is 0.903 bits per heavy atom. The number of hydrogen-bond acceptors (Lipinski definition) is 1.